The van der Waals surface area contributed by atoms with Crippen LogP contribution in [0.1, 0.15) is 141 Å². The zero-order chi connectivity index (χ0) is 44.5. The van der Waals surface area contributed by atoms with Crippen LogP contribution in [0, 0.1) is 11.3 Å². The molecule has 5 fully saturated rings. The molecule has 60 heavy (non-hydrogen) atoms. The Hall–Kier alpha value is -1.20. The summed E-state index contributed by atoms with van der Waals surface area (Å²) in [7, 11) is -4.22. The van der Waals surface area contributed by atoms with Crippen LogP contribution in [0.4, 0.5) is 0 Å². The maximum absolute atomic E-state index is 13.0. The zero-order valence-corrected chi connectivity index (χ0v) is 42.3. The fourth-order valence-corrected chi connectivity index (χ4v) is 11.3. The fourth-order valence-electron chi connectivity index (χ4n) is 9.01. The van der Waals surface area contributed by atoms with Crippen LogP contribution in [0.5, 0.6) is 0 Å². The first-order valence-electron chi connectivity index (χ1n) is 23.1. The fraction of sp³-hybridized carbons (Fsp3) is 0.854. The van der Waals surface area contributed by atoms with Gasteiger partial charge in [-0.25, -0.2) is 4.79 Å². The third kappa shape index (κ3) is 10.3. The van der Waals surface area contributed by atoms with Gasteiger partial charge in [-0.05, 0) is 93.9 Å². The van der Waals surface area contributed by atoms with E-state index >= 15 is 0 Å². The third-order valence-corrected chi connectivity index (χ3v) is 24.0. The first kappa shape index (κ1) is 48.3. The van der Waals surface area contributed by atoms with Crippen molar-refractivity contribution in [2.75, 3.05) is 6.61 Å². The number of carbonyl (C=O) groups is 1. The molecular weight excluding hydrogens is 793 g/mol. The number of esters is 1. The minimum Gasteiger partial charge on any atom is -0.433 e. The third-order valence-electron chi connectivity index (χ3n) is 15.1. The standard InChI is InChI=1S/C48H82O10Si2/c1-31-27-37(55-48(28-31)24-18-19-35(54-48)29-46(13)41(49)52-42(57-46)43(4,5)6)32(2)20-21-34-22-25-47(53-34)26-23-36-40(56-47)39(58-60(16,17)45(10,11)12)33(3)38(51-36)30-50-59(14,15)44(7,8)9/h20-21,28,32,34-40,42H,3,18-19,22-27,29-30H2,1-2,4-17H3/b21-20+/t32-,34+,35+,36-,37+,38-,39-,40-,42-,46-,47-,48+/m1/s1. The molecule has 6 heterocycles. The van der Waals surface area contributed by atoms with Gasteiger partial charge in [0.2, 0.25) is 6.29 Å². The lowest BCUT2D eigenvalue weighted by molar-refractivity contribution is -0.314. The van der Waals surface area contributed by atoms with E-state index in [0.717, 1.165) is 56.9 Å². The van der Waals surface area contributed by atoms with Crippen molar-refractivity contribution in [3.05, 3.63) is 36.0 Å². The van der Waals surface area contributed by atoms with Gasteiger partial charge in [0.1, 0.15) is 12.2 Å². The maximum atomic E-state index is 13.0. The summed E-state index contributed by atoms with van der Waals surface area (Å²) in [5.74, 6) is -1.73. The molecule has 0 radical (unpaired) electrons. The maximum Gasteiger partial charge on any atom is 0.340 e. The molecule has 0 aromatic carbocycles. The van der Waals surface area contributed by atoms with Crippen molar-refractivity contribution in [1.82, 2.24) is 0 Å². The Morgan fingerprint density at radius 1 is 0.900 bits per heavy atom. The van der Waals surface area contributed by atoms with Gasteiger partial charge in [-0.15, -0.1) is 0 Å². The van der Waals surface area contributed by atoms with Crippen LogP contribution < -0.4 is 0 Å². The van der Waals surface area contributed by atoms with E-state index < -0.39 is 40.1 Å². The number of carbonyl (C=O) groups excluding carboxylic acids is 1. The van der Waals surface area contributed by atoms with Gasteiger partial charge in [0, 0.05) is 37.0 Å². The number of cyclic esters (lactones) is 1. The Kier molecular flexibility index (Phi) is 13.7. The molecule has 342 valence electrons. The highest BCUT2D eigenvalue weighted by Crippen LogP contribution is 2.49. The predicted molar refractivity (Wildman–Crippen MR) is 240 cm³/mol. The minimum atomic E-state index is -2.21. The summed E-state index contributed by atoms with van der Waals surface area (Å²) in [5, 5.41) is 0.118. The summed E-state index contributed by atoms with van der Waals surface area (Å²) in [4.78, 5) is 13.0. The normalized spacial score (nSPS) is 39.0. The molecule has 0 bridgehead atoms. The molecule has 6 rings (SSSR count). The highest BCUT2D eigenvalue weighted by Gasteiger charge is 2.56. The monoisotopic (exact) mass is 875 g/mol. The van der Waals surface area contributed by atoms with Crippen molar-refractivity contribution < 1.29 is 46.8 Å². The number of ether oxygens (including phenoxy) is 7. The lowest BCUT2D eigenvalue weighted by Gasteiger charge is -2.52. The number of rotatable bonds is 10. The van der Waals surface area contributed by atoms with Gasteiger partial charge in [-0.3, -0.25) is 0 Å². The highest BCUT2D eigenvalue weighted by molar-refractivity contribution is 6.74. The topological polar surface area (TPSA) is 100 Å². The summed E-state index contributed by atoms with van der Waals surface area (Å²) < 4.78 is 60.4. The summed E-state index contributed by atoms with van der Waals surface area (Å²) in [6, 6.07) is 0. The van der Waals surface area contributed by atoms with Crippen LogP contribution in [0.3, 0.4) is 0 Å². The van der Waals surface area contributed by atoms with Gasteiger partial charge >= 0.3 is 5.97 Å². The van der Waals surface area contributed by atoms with E-state index in [-0.39, 0.29) is 70.1 Å². The van der Waals surface area contributed by atoms with Gasteiger partial charge < -0.3 is 42.0 Å². The minimum absolute atomic E-state index is 0.0204. The van der Waals surface area contributed by atoms with Gasteiger partial charge in [0.25, 0.3) is 0 Å². The lowest BCUT2D eigenvalue weighted by Crippen LogP contribution is -2.62. The molecule has 0 aromatic rings. The highest BCUT2D eigenvalue weighted by atomic mass is 28.4. The number of fused-ring (bicyclic) bond motifs is 1. The average Bonchev–Trinajstić information content (AvgIpc) is 3.65. The van der Waals surface area contributed by atoms with Crippen molar-refractivity contribution in [3.63, 3.8) is 0 Å². The van der Waals surface area contributed by atoms with Crippen LogP contribution >= 0.6 is 0 Å². The predicted octanol–water partition coefficient (Wildman–Crippen LogP) is 11.1. The Labute approximate surface area is 365 Å². The molecule has 6 aliphatic rings. The molecule has 0 N–H and O–H groups in total. The van der Waals surface area contributed by atoms with E-state index in [1.807, 2.05) is 27.7 Å². The average molecular weight is 875 g/mol. The first-order chi connectivity index (χ1) is 27.5. The molecule has 0 amide bonds. The van der Waals surface area contributed by atoms with Gasteiger partial charge in [-0.1, -0.05) is 93.5 Å². The quantitative estimate of drug-likeness (QED) is 0.120. The van der Waals surface area contributed by atoms with Crippen LogP contribution in [0.2, 0.25) is 36.3 Å². The molecule has 0 unspecified atom stereocenters. The van der Waals surface area contributed by atoms with E-state index in [4.69, 9.17) is 42.0 Å². The zero-order valence-electron chi connectivity index (χ0n) is 40.3. The smallest absolute Gasteiger partial charge is 0.340 e. The van der Waals surface area contributed by atoms with Crippen molar-refractivity contribution in [3.8, 4) is 0 Å². The van der Waals surface area contributed by atoms with Gasteiger partial charge in [0.05, 0.1) is 37.1 Å². The van der Waals surface area contributed by atoms with E-state index in [9.17, 15) is 4.79 Å². The second-order valence-corrected chi connectivity index (χ2v) is 33.1. The molecule has 5 saturated heterocycles. The van der Waals surface area contributed by atoms with E-state index in [1.165, 1.54) is 5.57 Å². The van der Waals surface area contributed by atoms with Gasteiger partial charge in [0.15, 0.2) is 33.8 Å². The van der Waals surface area contributed by atoms with Crippen LogP contribution in [0.15, 0.2) is 36.0 Å². The molecule has 10 nitrogen and oxygen atoms in total. The largest absolute Gasteiger partial charge is 0.433 e. The van der Waals surface area contributed by atoms with Crippen molar-refractivity contribution in [2.24, 2.45) is 11.3 Å². The summed E-state index contributed by atoms with van der Waals surface area (Å²) in [5.41, 5.74) is 0.809. The number of hydrogen-bond acceptors (Lipinski definition) is 10. The summed E-state index contributed by atoms with van der Waals surface area (Å²) in [6.45, 7) is 40.2. The Morgan fingerprint density at radius 2 is 1.57 bits per heavy atom. The molecule has 0 aliphatic carbocycles. The van der Waals surface area contributed by atoms with Crippen molar-refractivity contribution in [1.29, 1.82) is 0 Å². The summed E-state index contributed by atoms with van der Waals surface area (Å²) >= 11 is 0. The first-order valence-corrected chi connectivity index (χ1v) is 28.9. The molecule has 12 atom stereocenters. The molecule has 6 aliphatic heterocycles. The van der Waals surface area contributed by atoms with Gasteiger partial charge in [-0.2, -0.15) is 0 Å². The van der Waals surface area contributed by atoms with E-state index in [1.54, 1.807) is 0 Å². The van der Waals surface area contributed by atoms with Crippen molar-refractivity contribution in [2.45, 2.75) is 243 Å². The molecule has 12 heteroatoms. The Bertz CT molecular complexity index is 1640. The second-order valence-electron chi connectivity index (χ2n) is 23.5. The molecule has 0 saturated carbocycles. The van der Waals surface area contributed by atoms with E-state index in [0.29, 0.717) is 13.0 Å². The molecule has 0 aromatic heterocycles. The van der Waals surface area contributed by atoms with E-state index in [2.05, 4.69) is 106 Å². The Balaban J connectivity index is 1.09. The number of hydrogen-bond donors (Lipinski definition) is 0. The lowest BCUT2D eigenvalue weighted by atomic mass is 9.87. The van der Waals surface area contributed by atoms with Crippen LogP contribution in [-0.4, -0.2) is 95.4 Å². The Morgan fingerprint density at radius 3 is 2.20 bits per heavy atom. The molecule has 2 spiro atoms. The summed E-state index contributed by atoms with van der Waals surface area (Å²) in [6.07, 6.45) is 11.8. The second kappa shape index (κ2) is 17.0. The SMILES string of the molecule is C=C1[C@@H](O[Si](C)(C)C(C)(C)C)[C@@H]2O[C@]3(CC[C@H](/C=C/[C@@H](C)[C@@H]4CC(C)=C[C@]5(CCC[C@@H](C[C@@]6(C)O[C@H](C(C)(C)C)OC6=O)O5)O4)O3)CC[C@H]2O[C@@H]1CO[Si](C)(C)C(C)(C)C. The van der Waals surface area contributed by atoms with Crippen LogP contribution in [0.25, 0.3) is 0 Å². The molecular formula is C48H82O10Si2. The van der Waals surface area contributed by atoms with Crippen molar-refractivity contribution >= 4 is 22.6 Å². The van der Waals surface area contributed by atoms with Crippen LogP contribution in [-0.2, 0) is 46.8 Å².